The van der Waals surface area contributed by atoms with Gasteiger partial charge in [-0.1, -0.05) is 54.3 Å². The van der Waals surface area contributed by atoms with Gasteiger partial charge in [-0.15, -0.1) is 0 Å². The van der Waals surface area contributed by atoms with Crippen molar-refractivity contribution in [3.63, 3.8) is 0 Å². The van der Waals surface area contributed by atoms with Gasteiger partial charge in [0.25, 0.3) is 0 Å². The van der Waals surface area contributed by atoms with E-state index in [2.05, 4.69) is 10.8 Å². The van der Waals surface area contributed by atoms with E-state index in [-0.39, 0.29) is 30.6 Å². The first-order valence-corrected chi connectivity index (χ1v) is 13.0. The molecule has 0 bridgehead atoms. The van der Waals surface area contributed by atoms with E-state index in [0.29, 0.717) is 29.6 Å². The van der Waals surface area contributed by atoms with Crippen LogP contribution in [0.3, 0.4) is 0 Å². The van der Waals surface area contributed by atoms with E-state index in [1.54, 1.807) is 0 Å². The summed E-state index contributed by atoms with van der Waals surface area (Å²) < 4.78 is 6.20. The van der Waals surface area contributed by atoms with Crippen molar-refractivity contribution in [2.24, 2.45) is 0 Å². The van der Waals surface area contributed by atoms with Crippen LogP contribution in [0.25, 0.3) is 0 Å². The minimum atomic E-state index is -0.558. The van der Waals surface area contributed by atoms with Gasteiger partial charge in [0.15, 0.2) is 0 Å². The zero-order chi connectivity index (χ0) is 26.1. The number of nitrogens with one attached hydrogen (secondary N) is 2. The van der Waals surface area contributed by atoms with Gasteiger partial charge in [0.1, 0.15) is 15.8 Å². The van der Waals surface area contributed by atoms with Crippen LogP contribution < -0.4 is 15.5 Å². The Hall–Kier alpha value is -2.95. The number of hydroxylamine groups is 1. The third-order valence-electron chi connectivity index (χ3n) is 5.02. The molecule has 2 aromatic rings. The number of rotatable bonds is 11. The van der Waals surface area contributed by atoms with E-state index in [9.17, 15) is 14.4 Å². The van der Waals surface area contributed by atoms with Gasteiger partial charge in [-0.3, -0.25) is 24.1 Å². The Morgan fingerprint density at radius 2 is 1.69 bits per heavy atom. The van der Waals surface area contributed by atoms with Crippen molar-refractivity contribution in [3.05, 3.63) is 60.2 Å². The van der Waals surface area contributed by atoms with E-state index in [1.165, 1.54) is 16.7 Å². The lowest BCUT2D eigenvalue weighted by Gasteiger charge is -2.19. The predicted octanol–water partition coefficient (Wildman–Crippen LogP) is 4.34. The van der Waals surface area contributed by atoms with E-state index in [1.807, 2.05) is 75.4 Å². The second kappa shape index (κ2) is 12.8. The molecule has 2 aromatic carbocycles. The second-order valence-electron chi connectivity index (χ2n) is 9.25. The van der Waals surface area contributed by atoms with Crippen LogP contribution in [0.1, 0.15) is 45.6 Å². The molecule has 1 fully saturated rings. The van der Waals surface area contributed by atoms with Crippen molar-refractivity contribution in [1.82, 2.24) is 15.7 Å². The summed E-state index contributed by atoms with van der Waals surface area (Å²) in [6.45, 7) is 6.17. The van der Waals surface area contributed by atoms with Gasteiger partial charge in [0.05, 0.1) is 10.9 Å². The zero-order valence-corrected chi connectivity index (χ0v) is 22.2. The molecule has 2 N–H and O–H groups in total. The van der Waals surface area contributed by atoms with E-state index >= 15 is 0 Å². The number of benzene rings is 2. The molecule has 8 nitrogen and oxygen atoms in total. The number of nitrogens with zero attached hydrogens (tertiary/aromatic N) is 1. The van der Waals surface area contributed by atoms with Crippen molar-refractivity contribution in [2.75, 3.05) is 6.54 Å². The lowest BCUT2D eigenvalue weighted by molar-refractivity contribution is -0.145. The summed E-state index contributed by atoms with van der Waals surface area (Å²) in [6, 6.07) is 16.9. The molecule has 0 spiro atoms. The predicted molar refractivity (Wildman–Crippen MR) is 143 cm³/mol. The second-order valence-corrected chi connectivity index (χ2v) is 11.1. The van der Waals surface area contributed by atoms with Crippen molar-refractivity contribution in [3.8, 4) is 11.5 Å². The quantitative estimate of drug-likeness (QED) is 0.330. The molecule has 0 saturated carbocycles. The molecule has 36 heavy (non-hydrogen) atoms. The molecule has 1 heterocycles. The highest BCUT2D eigenvalue weighted by atomic mass is 32.2. The van der Waals surface area contributed by atoms with Crippen molar-refractivity contribution in [2.45, 2.75) is 57.4 Å². The number of para-hydroxylation sites is 1. The molecule has 1 saturated heterocycles. The smallest absolute Gasteiger partial charge is 0.243 e. The molecule has 1 aliphatic rings. The third kappa shape index (κ3) is 8.92. The summed E-state index contributed by atoms with van der Waals surface area (Å²) in [4.78, 5) is 43.8. The largest absolute Gasteiger partial charge is 0.457 e. The van der Waals surface area contributed by atoms with Crippen molar-refractivity contribution in [1.29, 1.82) is 0 Å². The Morgan fingerprint density at radius 1 is 1.03 bits per heavy atom. The highest BCUT2D eigenvalue weighted by Gasteiger charge is 2.37. The highest BCUT2D eigenvalue weighted by Crippen LogP contribution is 2.30. The number of thiocarbonyl (C=S) groups is 1. The summed E-state index contributed by atoms with van der Waals surface area (Å²) in [5, 5.41) is 2.30. The van der Waals surface area contributed by atoms with Crippen LogP contribution in [0.15, 0.2) is 54.6 Å². The van der Waals surface area contributed by atoms with Gasteiger partial charge in [-0.25, -0.2) is 5.48 Å². The van der Waals surface area contributed by atoms with Crippen LogP contribution in [0.2, 0.25) is 0 Å². The molecule has 0 aromatic heterocycles. The third-order valence-corrected chi connectivity index (χ3v) is 6.61. The molecular formula is C26H31N3O5S2. The van der Waals surface area contributed by atoms with Gasteiger partial charge in [-0.2, -0.15) is 0 Å². The fourth-order valence-electron chi connectivity index (χ4n) is 3.23. The van der Waals surface area contributed by atoms with Gasteiger partial charge in [-0.05, 0) is 57.0 Å². The van der Waals surface area contributed by atoms with Crippen molar-refractivity contribution >= 4 is 46.0 Å². The lowest BCUT2D eigenvalue weighted by atomic mass is 10.2. The average Bonchev–Trinajstić information content (AvgIpc) is 3.10. The molecule has 3 amide bonds. The number of thioether (sulfide) groups is 1. The molecule has 1 aliphatic heterocycles. The van der Waals surface area contributed by atoms with Crippen LogP contribution in [-0.4, -0.2) is 44.3 Å². The first-order chi connectivity index (χ1) is 17.1. The van der Waals surface area contributed by atoms with Crippen LogP contribution >= 0.6 is 24.0 Å². The van der Waals surface area contributed by atoms with Crippen LogP contribution in [0, 0.1) is 0 Å². The van der Waals surface area contributed by atoms with Crippen LogP contribution in [-0.2, 0) is 25.8 Å². The zero-order valence-electron chi connectivity index (χ0n) is 20.6. The van der Waals surface area contributed by atoms with E-state index in [4.69, 9.17) is 21.8 Å². The topological polar surface area (TPSA) is 97.0 Å². The van der Waals surface area contributed by atoms with Gasteiger partial charge in [0, 0.05) is 25.9 Å². The Balaban J connectivity index is 1.39. The molecule has 10 heteroatoms. The normalized spacial score (nSPS) is 15.6. The Labute approximate surface area is 221 Å². The standard InChI is InChI=1S/C26H31N3O5S2/c1-26(2,3)34-28-22(30)10-7-15-29-24(32)21(36-25(29)35)16-23(31)27-17-18-11-13-20(14-12-18)33-19-8-5-4-6-9-19/h4-6,8-9,11-14,21H,7,10,15-17H2,1-3H3,(H,27,31)(H,28,30). The maximum absolute atomic E-state index is 12.7. The van der Waals surface area contributed by atoms with Gasteiger partial charge >= 0.3 is 0 Å². The number of carbonyl (C=O) groups is 3. The number of ether oxygens (including phenoxy) is 1. The average molecular weight is 530 g/mol. The molecule has 0 aliphatic carbocycles. The molecule has 1 unspecified atom stereocenters. The summed E-state index contributed by atoms with van der Waals surface area (Å²) in [6.07, 6.45) is 0.678. The fraction of sp³-hybridized carbons (Fsp3) is 0.385. The van der Waals surface area contributed by atoms with Crippen molar-refractivity contribution < 1.29 is 24.0 Å². The number of hydrogen-bond acceptors (Lipinski definition) is 7. The SMILES string of the molecule is CC(C)(C)ONC(=O)CCCN1C(=O)C(CC(=O)NCc2ccc(Oc3ccccc3)cc2)SC1=S. The Bertz CT molecular complexity index is 1070. The summed E-state index contributed by atoms with van der Waals surface area (Å²) in [5.74, 6) is 0.771. The number of carbonyl (C=O) groups excluding carboxylic acids is 3. The summed E-state index contributed by atoms with van der Waals surface area (Å²) >= 11 is 6.54. The maximum atomic E-state index is 12.7. The first-order valence-electron chi connectivity index (χ1n) is 11.7. The molecule has 192 valence electrons. The van der Waals surface area contributed by atoms with Gasteiger partial charge < -0.3 is 10.1 Å². The molecule has 3 rings (SSSR count). The van der Waals surface area contributed by atoms with Crippen LogP contribution in [0.5, 0.6) is 11.5 Å². The van der Waals surface area contributed by atoms with E-state index in [0.717, 1.165) is 11.3 Å². The minimum Gasteiger partial charge on any atom is -0.457 e. The molecule has 1 atom stereocenters. The van der Waals surface area contributed by atoms with E-state index < -0.39 is 10.9 Å². The minimum absolute atomic E-state index is 0.0370. The Morgan fingerprint density at radius 3 is 2.36 bits per heavy atom. The summed E-state index contributed by atoms with van der Waals surface area (Å²) in [5.41, 5.74) is 2.84. The Kier molecular flexibility index (Phi) is 9.86. The van der Waals surface area contributed by atoms with Crippen LogP contribution in [0.4, 0.5) is 0 Å². The molecular weight excluding hydrogens is 498 g/mol. The lowest BCUT2D eigenvalue weighted by Crippen LogP contribution is -2.36. The molecule has 0 radical (unpaired) electrons. The number of hydrogen-bond donors (Lipinski definition) is 2. The first kappa shape index (κ1) is 27.6. The monoisotopic (exact) mass is 529 g/mol. The highest BCUT2D eigenvalue weighted by molar-refractivity contribution is 8.24. The number of amides is 3. The fourth-order valence-corrected chi connectivity index (χ4v) is 4.77. The van der Waals surface area contributed by atoms with Gasteiger partial charge in [0.2, 0.25) is 17.7 Å². The summed E-state index contributed by atoms with van der Waals surface area (Å²) in [7, 11) is 0. The maximum Gasteiger partial charge on any atom is 0.243 e.